The highest BCUT2D eigenvalue weighted by Crippen LogP contribution is 2.51. The maximum absolute atomic E-state index is 11.0. The Kier molecular flexibility index (Phi) is 3.97. The van der Waals surface area contributed by atoms with Crippen molar-refractivity contribution in [2.45, 2.75) is 31.1 Å². The second-order valence-corrected chi connectivity index (χ2v) is 8.70. The van der Waals surface area contributed by atoms with Crippen LogP contribution in [0, 0.1) is 5.92 Å². The van der Waals surface area contributed by atoms with Crippen molar-refractivity contribution in [2.24, 2.45) is 5.92 Å². The van der Waals surface area contributed by atoms with Crippen molar-refractivity contribution < 1.29 is 13.0 Å². The predicted molar refractivity (Wildman–Crippen MR) is 85.5 cm³/mol. The van der Waals surface area contributed by atoms with Crippen LogP contribution in [0.15, 0.2) is 10.7 Å². The quantitative estimate of drug-likeness (QED) is 0.752. The van der Waals surface area contributed by atoms with E-state index >= 15 is 0 Å². The van der Waals surface area contributed by atoms with Gasteiger partial charge in [0.1, 0.15) is 5.82 Å². The van der Waals surface area contributed by atoms with E-state index in [-0.39, 0.29) is 17.1 Å². The number of pyridine rings is 1. The zero-order valence-electron chi connectivity index (χ0n) is 11.3. The molecule has 0 amide bonds. The molecule has 0 bridgehead atoms. The van der Waals surface area contributed by atoms with Gasteiger partial charge in [-0.25, -0.2) is 4.98 Å². The summed E-state index contributed by atoms with van der Waals surface area (Å²) in [4.78, 5) is 4.37. The van der Waals surface area contributed by atoms with Crippen molar-refractivity contribution in [3.05, 3.63) is 21.3 Å². The molecule has 116 valence electrons. The van der Waals surface area contributed by atoms with Crippen LogP contribution < -0.4 is 5.32 Å². The first kappa shape index (κ1) is 15.5. The summed E-state index contributed by atoms with van der Waals surface area (Å²) < 4.78 is 31.8. The molecule has 2 aliphatic rings. The summed E-state index contributed by atoms with van der Waals surface area (Å²) in [7, 11) is -3.90. The fourth-order valence-corrected chi connectivity index (χ4v) is 5.12. The molecule has 0 atom stereocenters. The van der Waals surface area contributed by atoms with E-state index in [4.69, 9.17) is 16.2 Å². The fourth-order valence-electron chi connectivity index (χ4n) is 3.55. The molecule has 21 heavy (non-hydrogen) atoms. The van der Waals surface area contributed by atoms with E-state index in [1.807, 2.05) is 0 Å². The Labute approximate surface area is 137 Å². The summed E-state index contributed by atoms with van der Waals surface area (Å²) in [6.45, 7) is 0.782. The lowest BCUT2D eigenvalue weighted by molar-refractivity contribution is 0.259. The molecule has 1 fully saturated rings. The number of nitrogens with one attached hydrogen (secondary N) is 1. The molecule has 2 heterocycles. The summed E-state index contributed by atoms with van der Waals surface area (Å²) in [6, 6.07) is 0. The first-order valence-electron chi connectivity index (χ1n) is 6.84. The van der Waals surface area contributed by atoms with Gasteiger partial charge >= 0.3 is 0 Å². The van der Waals surface area contributed by atoms with Crippen LogP contribution in [0.4, 0.5) is 5.82 Å². The molecule has 0 unspecified atom stereocenters. The van der Waals surface area contributed by atoms with E-state index in [0.29, 0.717) is 5.02 Å². The van der Waals surface area contributed by atoms with Gasteiger partial charge in [-0.2, -0.15) is 8.42 Å². The Morgan fingerprint density at radius 1 is 1.48 bits per heavy atom. The average Bonchev–Trinajstić information content (AvgIpc) is 2.75. The molecule has 1 aliphatic heterocycles. The van der Waals surface area contributed by atoms with Crippen LogP contribution in [0.5, 0.6) is 0 Å². The van der Waals surface area contributed by atoms with Gasteiger partial charge in [-0.1, -0.05) is 11.6 Å². The maximum atomic E-state index is 11.0. The van der Waals surface area contributed by atoms with Gasteiger partial charge in [-0.15, -0.1) is 0 Å². The monoisotopic (exact) mass is 394 g/mol. The lowest BCUT2D eigenvalue weighted by Crippen LogP contribution is -2.35. The molecule has 2 N–H and O–H groups in total. The molecule has 0 saturated heterocycles. The van der Waals surface area contributed by atoms with E-state index in [2.05, 4.69) is 26.2 Å². The average molecular weight is 396 g/mol. The van der Waals surface area contributed by atoms with Gasteiger partial charge in [-0.3, -0.25) is 4.55 Å². The SMILES string of the molecule is O=S(=O)(O)C[C@H]1CC[C@@]2(CC1)CNc1ncc(Br)c(Cl)c12. The Hall–Kier alpha value is -0.370. The number of halogens is 2. The number of nitrogens with zero attached hydrogens (tertiary/aromatic N) is 1. The van der Waals surface area contributed by atoms with Gasteiger partial charge in [0.05, 0.1) is 15.2 Å². The van der Waals surface area contributed by atoms with Crippen LogP contribution in [0.3, 0.4) is 0 Å². The molecule has 1 saturated carbocycles. The smallest absolute Gasteiger partial charge is 0.265 e. The van der Waals surface area contributed by atoms with Gasteiger partial charge in [0.15, 0.2) is 0 Å². The van der Waals surface area contributed by atoms with Gasteiger partial charge in [0, 0.05) is 23.7 Å². The van der Waals surface area contributed by atoms with Crippen LogP contribution in [-0.4, -0.2) is 30.3 Å². The summed E-state index contributed by atoms with van der Waals surface area (Å²) in [5, 5.41) is 4.00. The van der Waals surface area contributed by atoms with Crippen LogP contribution in [-0.2, 0) is 15.5 Å². The largest absolute Gasteiger partial charge is 0.369 e. The van der Waals surface area contributed by atoms with Crippen LogP contribution in [0.1, 0.15) is 31.2 Å². The maximum Gasteiger partial charge on any atom is 0.265 e. The summed E-state index contributed by atoms with van der Waals surface area (Å²) in [6.07, 6.45) is 4.93. The highest BCUT2D eigenvalue weighted by molar-refractivity contribution is 9.10. The zero-order valence-corrected chi connectivity index (χ0v) is 14.4. The van der Waals surface area contributed by atoms with Crippen molar-refractivity contribution in [1.82, 2.24) is 4.98 Å². The lowest BCUT2D eigenvalue weighted by Gasteiger charge is -2.37. The minimum absolute atomic E-state index is 0.0218. The van der Waals surface area contributed by atoms with Crippen molar-refractivity contribution in [3.63, 3.8) is 0 Å². The van der Waals surface area contributed by atoms with Crippen molar-refractivity contribution in [1.29, 1.82) is 0 Å². The Morgan fingerprint density at radius 2 is 2.14 bits per heavy atom. The molecule has 1 aromatic rings. The minimum Gasteiger partial charge on any atom is -0.369 e. The van der Waals surface area contributed by atoms with Crippen LogP contribution >= 0.6 is 27.5 Å². The first-order chi connectivity index (χ1) is 9.81. The molecule has 1 aliphatic carbocycles. The number of aromatic nitrogens is 1. The van der Waals surface area contributed by atoms with Crippen molar-refractivity contribution in [3.8, 4) is 0 Å². The zero-order chi connectivity index (χ0) is 15.3. The molecule has 1 aromatic heterocycles. The first-order valence-corrected chi connectivity index (χ1v) is 9.62. The third-order valence-electron chi connectivity index (χ3n) is 4.61. The molecule has 1 spiro atoms. The fraction of sp³-hybridized carbons (Fsp3) is 0.615. The summed E-state index contributed by atoms with van der Waals surface area (Å²) >= 11 is 9.86. The summed E-state index contributed by atoms with van der Waals surface area (Å²) in [5.74, 6) is 0.707. The number of fused-ring (bicyclic) bond motifs is 2. The van der Waals surface area contributed by atoms with E-state index in [1.165, 1.54) is 0 Å². The van der Waals surface area contributed by atoms with Gasteiger partial charge < -0.3 is 5.32 Å². The van der Waals surface area contributed by atoms with Crippen molar-refractivity contribution in [2.75, 3.05) is 17.6 Å². The molecule has 0 aromatic carbocycles. The van der Waals surface area contributed by atoms with E-state index < -0.39 is 10.1 Å². The number of hydrogen-bond acceptors (Lipinski definition) is 4. The van der Waals surface area contributed by atoms with E-state index in [0.717, 1.165) is 48.1 Å². The van der Waals surface area contributed by atoms with Crippen LogP contribution in [0.25, 0.3) is 0 Å². The van der Waals surface area contributed by atoms with E-state index in [1.54, 1.807) is 6.20 Å². The van der Waals surface area contributed by atoms with Gasteiger partial charge in [0.2, 0.25) is 0 Å². The second-order valence-electron chi connectivity index (χ2n) is 5.97. The number of anilines is 1. The summed E-state index contributed by atoms with van der Waals surface area (Å²) in [5.41, 5.74) is 0.975. The highest BCUT2D eigenvalue weighted by atomic mass is 79.9. The Bertz CT molecular complexity index is 672. The molecule has 0 radical (unpaired) electrons. The molecular formula is C13H16BrClN2O3S. The second kappa shape index (κ2) is 5.37. The third kappa shape index (κ3) is 2.93. The highest BCUT2D eigenvalue weighted by Gasteiger charge is 2.44. The standard InChI is InChI=1S/C13H16BrClN2O3S/c14-9-5-16-12-10(11(9)15)13(7-17-12)3-1-8(2-4-13)6-21(18,19)20/h5,8H,1-4,6-7H2,(H,16,17)(H,18,19,20)/t8-,13+. The topological polar surface area (TPSA) is 79.3 Å². The van der Waals surface area contributed by atoms with Gasteiger partial charge in [-0.05, 0) is 47.5 Å². The molecule has 5 nitrogen and oxygen atoms in total. The Balaban J connectivity index is 1.84. The predicted octanol–water partition coefficient (Wildman–Crippen LogP) is 3.24. The molecular weight excluding hydrogens is 380 g/mol. The van der Waals surface area contributed by atoms with Crippen molar-refractivity contribution >= 4 is 43.5 Å². The molecule has 8 heteroatoms. The minimum atomic E-state index is -3.90. The van der Waals surface area contributed by atoms with Gasteiger partial charge in [0.25, 0.3) is 10.1 Å². The Morgan fingerprint density at radius 3 is 2.76 bits per heavy atom. The number of hydrogen-bond donors (Lipinski definition) is 2. The number of rotatable bonds is 2. The van der Waals surface area contributed by atoms with E-state index in [9.17, 15) is 8.42 Å². The normalized spacial score (nSPS) is 28.4. The lowest BCUT2D eigenvalue weighted by atomic mass is 9.68. The third-order valence-corrected chi connectivity index (χ3v) is 6.72. The molecule has 3 rings (SSSR count). The van der Waals surface area contributed by atoms with Crippen LogP contribution in [0.2, 0.25) is 5.02 Å².